The lowest BCUT2D eigenvalue weighted by atomic mass is 9.88. The van der Waals surface area contributed by atoms with Crippen LogP contribution in [0.1, 0.15) is 43.2 Å². The SMILES string of the molecule is COc1ccc(/C=C/c2ccccc2NC(=O)C2CCCCC2)cc1OC. The molecular formula is C23H27NO3. The van der Waals surface area contributed by atoms with Gasteiger partial charge in [0.05, 0.1) is 14.2 Å². The summed E-state index contributed by atoms with van der Waals surface area (Å²) in [6, 6.07) is 13.7. The number of nitrogens with one attached hydrogen (secondary N) is 1. The van der Waals surface area contributed by atoms with Crippen LogP contribution in [-0.2, 0) is 4.79 Å². The fraction of sp³-hybridized carbons (Fsp3) is 0.348. The highest BCUT2D eigenvalue weighted by Crippen LogP contribution is 2.29. The first-order chi connectivity index (χ1) is 13.2. The molecule has 1 aliphatic carbocycles. The number of hydrogen-bond acceptors (Lipinski definition) is 3. The molecule has 1 fully saturated rings. The predicted octanol–water partition coefficient (Wildman–Crippen LogP) is 5.39. The van der Waals surface area contributed by atoms with Crippen LogP contribution in [0.4, 0.5) is 5.69 Å². The topological polar surface area (TPSA) is 47.6 Å². The van der Waals surface area contributed by atoms with Crippen molar-refractivity contribution in [3.63, 3.8) is 0 Å². The molecule has 0 spiro atoms. The molecular weight excluding hydrogens is 338 g/mol. The van der Waals surface area contributed by atoms with Crippen molar-refractivity contribution in [2.75, 3.05) is 19.5 Å². The van der Waals surface area contributed by atoms with Crippen molar-refractivity contribution in [1.82, 2.24) is 0 Å². The smallest absolute Gasteiger partial charge is 0.227 e. The van der Waals surface area contributed by atoms with E-state index in [0.717, 1.165) is 42.5 Å². The van der Waals surface area contributed by atoms with E-state index in [4.69, 9.17) is 9.47 Å². The van der Waals surface area contributed by atoms with Crippen LogP contribution in [0, 0.1) is 5.92 Å². The average Bonchev–Trinajstić information content (AvgIpc) is 2.73. The largest absolute Gasteiger partial charge is 0.493 e. The van der Waals surface area contributed by atoms with Gasteiger partial charge in [-0.05, 0) is 42.2 Å². The Labute approximate surface area is 161 Å². The fourth-order valence-electron chi connectivity index (χ4n) is 3.50. The van der Waals surface area contributed by atoms with E-state index < -0.39 is 0 Å². The van der Waals surface area contributed by atoms with Gasteiger partial charge in [0.2, 0.25) is 5.91 Å². The molecule has 27 heavy (non-hydrogen) atoms. The molecule has 3 rings (SSSR count). The zero-order valence-electron chi connectivity index (χ0n) is 16.0. The quantitative estimate of drug-likeness (QED) is 0.698. The maximum absolute atomic E-state index is 12.6. The van der Waals surface area contributed by atoms with Crippen molar-refractivity contribution in [1.29, 1.82) is 0 Å². The van der Waals surface area contributed by atoms with Gasteiger partial charge in [0.25, 0.3) is 0 Å². The molecule has 0 unspecified atom stereocenters. The van der Waals surface area contributed by atoms with E-state index in [2.05, 4.69) is 5.32 Å². The van der Waals surface area contributed by atoms with Crippen LogP contribution in [-0.4, -0.2) is 20.1 Å². The van der Waals surface area contributed by atoms with Gasteiger partial charge in [-0.3, -0.25) is 4.79 Å². The minimum absolute atomic E-state index is 0.140. The summed E-state index contributed by atoms with van der Waals surface area (Å²) in [4.78, 5) is 12.6. The summed E-state index contributed by atoms with van der Waals surface area (Å²) in [5.41, 5.74) is 2.84. The van der Waals surface area contributed by atoms with Crippen LogP contribution in [0.3, 0.4) is 0 Å². The molecule has 1 aliphatic rings. The summed E-state index contributed by atoms with van der Waals surface area (Å²) >= 11 is 0. The van der Waals surface area contributed by atoms with Gasteiger partial charge in [-0.25, -0.2) is 0 Å². The number of amides is 1. The molecule has 4 heteroatoms. The van der Waals surface area contributed by atoms with Gasteiger partial charge < -0.3 is 14.8 Å². The van der Waals surface area contributed by atoms with E-state index in [1.54, 1.807) is 14.2 Å². The highest BCUT2D eigenvalue weighted by molar-refractivity contribution is 5.95. The second-order valence-electron chi connectivity index (χ2n) is 6.86. The first kappa shape index (κ1) is 19.0. The molecule has 0 bridgehead atoms. The molecule has 1 amide bonds. The molecule has 142 valence electrons. The van der Waals surface area contributed by atoms with Gasteiger partial charge in [0.15, 0.2) is 11.5 Å². The Morgan fingerprint density at radius 2 is 1.70 bits per heavy atom. The monoisotopic (exact) mass is 365 g/mol. The molecule has 0 atom stereocenters. The molecule has 0 aliphatic heterocycles. The van der Waals surface area contributed by atoms with Gasteiger partial charge in [0, 0.05) is 11.6 Å². The van der Waals surface area contributed by atoms with E-state index in [9.17, 15) is 4.79 Å². The second kappa shape index (κ2) is 9.26. The maximum Gasteiger partial charge on any atom is 0.227 e. The molecule has 1 N–H and O–H groups in total. The molecule has 2 aromatic rings. The fourth-order valence-corrected chi connectivity index (χ4v) is 3.50. The van der Waals surface area contributed by atoms with Crippen LogP contribution in [0.5, 0.6) is 11.5 Å². The Morgan fingerprint density at radius 1 is 0.963 bits per heavy atom. The first-order valence-corrected chi connectivity index (χ1v) is 9.51. The van der Waals surface area contributed by atoms with Crippen molar-refractivity contribution >= 4 is 23.7 Å². The first-order valence-electron chi connectivity index (χ1n) is 9.51. The summed E-state index contributed by atoms with van der Waals surface area (Å²) in [6.45, 7) is 0. The number of hydrogen-bond donors (Lipinski definition) is 1. The van der Waals surface area contributed by atoms with E-state index in [1.807, 2.05) is 54.6 Å². The Hall–Kier alpha value is -2.75. The van der Waals surface area contributed by atoms with Crippen LogP contribution < -0.4 is 14.8 Å². The molecule has 4 nitrogen and oxygen atoms in total. The van der Waals surface area contributed by atoms with Crippen LogP contribution >= 0.6 is 0 Å². The molecule has 0 saturated heterocycles. The van der Waals surface area contributed by atoms with Crippen LogP contribution in [0.2, 0.25) is 0 Å². The van der Waals surface area contributed by atoms with E-state index >= 15 is 0 Å². The van der Waals surface area contributed by atoms with Crippen molar-refractivity contribution in [2.45, 2.75) is 32.1 Å². The van der Waals surface area contributed by atoms with E-state index in [1.165, 1.54) is 6.42 Å². The van der Waals surface area contributed by atoms with Crippen LogP contribution in [0.15, 0.2) is 42.5 Å². The number of anilines is 1. The van der Waals surface area contributed by atoms with Crippen molar-refractivity contribution < 1.29 is 14.3 Å². The molecule has 2 aromatic carbocycles. The lowest BCUT2D eigenvalue weighted by Gasteiger charge is -2.21. The minimum atomic E-state index is 0.140. The number of benzene rings is 2. The van der Waals surface area contributed by atoms with Crippen molar-refractivity contribution in [3.8, 4) is 11.5 Å². The molecule has 1 saturated carbocycles. The number of ether oxygens (including phenoxy) is 2. The molecule has 0 aromatic heterocycles. The van der Waals surface area contributed by atoms with Gasteiger partial charge in [-0.1, -0.05) is 55.7 Å². The van der Waals surface area contributed by atoms with Gasteiger partial charge >= 0.3 is 0 Å². The average molecular weight is 365 g/mol. The summed E-state index contributed by atoms with van der Waals surface area (Å²) in [7, 11) is 3.25. The predicted molar refractivity (Wildman–Crippen MR) is 110 cm³/mol. The lowest BCUT2D eigenvalue weighted by Crippen LogP contribution is -2.25. The Kier molecular flexibility index (Phi) is 6.53. The summed E-state index contributed by atoms with van der Waals surface area (Å²) in [6.07, 6.45) is 9.56. The Bertz CT molecular complexity index is 807. The van der Waals surface area contributed by atoms with E-state index in [-0.39, 0.29) is 11.8 Å². The number of carbonyl (C=O) groups excluding carboxylic acids is 1. The molecule has 0 heterocycles. The maximum atomic E-state index is 12.6. The molecule has 0 radical (unpaired) electrons. The summed E-state index contributed by atoms with van der Waals surface area (Å²) in [5.74, 6) is 1.68. The normalized spacial score (nSPS) is 14.9. The number of para-hydroxylation sites is 1. The zero-order valence-corrected chi connectivity index (χ0v) is 16.0. The third-order valence-corrected chi connectivity index (χ3v) is 5.06. The Balaban J connectivity index is 1.75. The highest BCUT2D eigenvalue weighted by atomic mass is 16.5. The summed E-state index contributed by atoms with van der Waals surface area (Å²) < 4.78 is 10.6. The number of carbonyl (C=O) groups is 1. The zero-order chi connectivity index (χ0) is 19.1. The summed E-state index contributed by atoms with van der Waals surface area (Å²) in [5, 5.41) is 3.12. The van der Waals surface area contributed by atoms with Crippen LogP contribution in [0.25, 0.3) is 12.2 Å². The number of rotatable bonds is 6. The van der Waals surface area contributed by atoms with Gasteiger partial charge in [-0.15, -0.1) is 0 Å². The highest BCUT2D eigenvalue weighted by Gasteiger charge is 2.21. The Morgan fingerprint density at radius 3 is 2.44 bits per heavy atom. The van der Waals surface area contributed by atoms with E-state index in [0.29, 0.717) is 11.5 Å². The van der Waals surface area contributed by atoms with Crippen molar-refractivity contribution in [3.05, 3.63) is 53.6 Å². The van der Waals surface area contributed by atoms with Gasteiger partial charge in [0.1, 0.15) is 0 Å². The minimum Gasteiger partial charge on any atom is -0.493 e. The van der Waals surface area contributed by atoms with Crippen molar-refractivity contribution in [2.24, 2.45) is 5.92 Å². The standard InChI is InChI=1S/C23H27NO3/c1-26-21-15-13-17(16-22(21)27-2)12-14-18-8-6-7-11-20(18)24-23(25)19-9-4-3-5-10-19/h6-8,11-16,19H,3-5,9-10H2,1-2H3,(H,24,25)/b14-12+. The second-order valence-corrected chi connectivity index (χ2v) is 6.86. The lowest BCUT2D eigenvalue weighted by molar-refractivity contribution is -0.120. The third kappa shape index (κ3) is 4.91. The third-order valence-electron chi connectivity index (χ3n) is 5.06. The van der Waals surface area contributed by atoms with Gasteiger partial charge in [-0.2, -0.15) is 0 Å². The number of methoxy groups -OCH3 is 2.